The lowest BCUT2D eigenvalue weighted by Crippen LogP contribution is -2.32. The summed E-state index contributed by atoms with van der Waals surface area (Å²) in [4.78, 5) is 14.0. The molecule has 1 saturated heterocycles. The van der Waals surface area contributed by atoms with E-state index >= 15 is 0 Å². The quantitative estimate of drug-likeness (QED) is 0.375. The molecule has 1 aromatic carbocycles. The highest BCUT2D eigenvalue weighted by Crippen LogP contribution is 2.28. The van der Waals surface area contributed by atoms with Gasteiger partial charge in [-0.15, -0.1) is 0 Å². The van der Waals surface area contributed by atoms with Gasteiger partial charge >= 0.3 is 0 Å². The van der Waals surface area contributed by atoms with Crippen LogP contribution in [0.25, 0.3) is 6.08 Å². The van der Waals surface area contributed by atoms with Gasteiger partial charge in [0.2, 0.25) is 0 Å². The molecule has 0 aliphatic carbocycles. The number of amides is 1. The number of nitrogens with one attached hydrogen (secondary N) is 1. The smallest absolute Gasteiger partial charge is 0.276 e. The van der Waals surface area contributed by atoms with Crippen molar-refractivity contribution in [2.24, 2.45) is 0 Å². The van der Waals surface area contributed by atoms with Crippen LogP contribution in [0.5, 0.6) is 5.75 Å². The first kappa shape index (κ1) is 20.7. The lowest BCUT2D eigenvalue weighted by molar-refractivity contribution is -0.122. The Morgan fingerprint density at radius 1 is 1.29 bits per heavy atom. The van der Waals surface area contributed by atoms with Gasteiger partial charge in [-0.25, -0.2) is 0 Å². The van der Waals surface area contributed by atoms with Gasteiger partial charge in [0.25, 0.3) is 5.91 Å². The molecule has 1 aliphatic rings. The highest BCUT2D eigenvalue weighted by molar-refractivity contribution is 7.80. The first-order chi connectivity index (χ1) is 13.5. The summed E-state index contributed by atoms with van der Waals surface area (Å²) in [5.74, 6) is 1.36. The summed E-state index contributed by atoms with van der Waals surface area (Å²) >= 11 is 17.2. The van der Waals surface area contributed by atoms with Gasteiger partial charge in [0.15, 0.2) is 5.11 Å². The van der Waals surface area contributed by atoms with Crippen molar-refractivity contribution in [1.82, 2.24) is 10.2 Å². The van der Waals surface area contributed by atoms with E-state index in [4.69, 9.17) is 49.3 Å². The fraction of sp³-hybridized carbons (Fsp3) is 0.263. The zero-order valence-electron chi connectivity index (χ0n) is 15.0. The molecule has 0 atom stereocenters. The number of benzene rings is 1. The SMILES string of the molecule is COCCCN1C(=O)/C(=C\c2ccc(COc3cc(Cl)ccc3Cl)o2)NC1=S. The number of methoxy groups -OCH3 is 1. The van der Waals surface area contributed by atoms with Crippen molar-refractivity contribution in [3.63, 3.8) is 0 Å². The summed E-state index contributed by atoms with van der Waals surface area (Å²) < 4.78 is 16.4. The molecule has 1 aliphatic heterocycles. The van der Waals surface area contributed by atoms with E-state index in [1.54, 1.807) is 43.5 Å². The molecule has 9 heteroatoms. The van der Waals surface area contributed by atoms with Crippen molar-refractivity contribution in [3.8, 4) is 5.75 Å². The topological polar surface area (TPSA) is 63.9 Å². The Morgan fingerprint density at radius 3 is 2.89 bits per heavy atom. The van der Waals surface area contributed by atoms with Crippen LogP contribution >= 0.6 is 35.4 Å². The van der Waals surface area contributed by atoms with Gasteiger partial charge in [-0.05, 0) is 42.9 Å². The normalized spacial score (nSPS) is 15.4. The maximum atomic E-state index is 12.5. The maximum absolute atomic E-state index is 12.5. The monoisotopic (exact) mass is 440 g/mol. The fourth-order valence-corrected chi connectivity index (χ4v) is 3.19. The number of ether oxygens (including phenoxy) is 2. The third kappa shape index (κ3) is 5.05. The summed E-state index contributed by atoms with van der Waals surface area (Å²) in [6.07, 6.45) is 2.31. The number of halogens is 2. The maximum Gasteiger partial charge on any atom is 0.276 e. The lowest BCUT2D eigenvalue weighted by atomic mass is 10.3. The highest BCUT2D eigenvalue weighted by atomic mass is 35.5. The van der Waals surface area contributed by atoms with Crippen LogP contribution in [0, 0.1) is 0 Å². The minimum Gasteiger partial charge on any atom is -0.484 e. The minimum atomic E-state index is -0.194. The Morgan fingerprint density at radius 2 is 2.11 bits per heavy atom. The molecule has 0 spiro atoms. The second-order valence-corrected chi connectivity index (χ2v) is 7.19. The van der Waals surface area contributed by atoms with E-state index < -0.39 is 0 Å². The van der Waals surface area contributed by atoms with Crippen LogP contribution in [-0.2, 0) is 16.1 Å². The molecule has 0 saturated carbocycles. The van der Waals surface area contributed by atoms with Crippen LogP contribution in [-0.4, -0.2) is 36.2 Å². The summed E-state index contributed by atoms with van der Waals surface area (Å²) in [7, 11) is 1.62. The summed E-state index contributed by atoms with van der Waals surface area (Å²) in [6.45, 7) is 1.23. The van der Waals surface area contributed by atoms with Gasteiger partial charge in [0.05, 0.1) is 5.02 Å². The number of rotatable bonds is 8. The second-order valence-electron chi connectivity index (χ2n) is 5.96. The second kappa shape index (κ2) is 9.43. The van der Waals surface area contributed by atoms with Crippen LogP contribution in [0.4, 0.5) is 0 Å². The summed E-state index contributed by atoms with van der Waals surface area (Å²) in [5, 5.41) is 4.28. The molecule has 3 rings (SSSR count). The molecular weight excluding hydrogens is 423 g/mol. The number of thiocarbonyl (C=S) groups is 1. The van der Waals surface area contributed by atoms with E-state index in [2.05, 4.69) is 5.32 Å². The zero-order chi connectivity index (χ0) is 20.1. The fourth-order valence-electron chi connectivity index (χ4n) is 2.57. The third-order valence-corrected chi connectivity index (χ3v) is 4.79. The third-order valence-electron chi connectivity index (χ3n) is 3.92. The number of furan rings is 1. The van der Waals surface area contributed by atoms with Crippen LogP contribution < -0.4 is 10.1 Å². The van der Waals surface area contributed by atoms with E-state index in [0.717, 1.165) is 0 Å². The van der Waals surface area contributed by atoms with E-state index in [1.807, 2.05) is 0 Å². The molecule has 1 aromatic heterocycles. The van der Waals surface area contributed by atoms with E-state index in [0.29, 0.717) is 57.7 Å². The highest BCUT2D eigenvalue weighted by Gasteiger charge is 2.30. The molecule has 1 fully saturated rings. The van der Waals surface area contributed by atoms with Gasteiger partial charge in [0, 0.05) is 37.4 Å². The number of carbonyl (C=O) groups is 1. The molecule has 1 amide bonds. The van der Waals surface area contributed by atoms with Crippen molar-refractivity contribution in [2.75, 3.05) is 20.3 Å². The number of hydrogen-bond acceptors (Lipinski definition) is 5. The first-order valence-corrected chi connectivity index (χ1v) is 9.64. The van der Waals surface area contributed by atoms with Gasteiger partial charge in [0.1, 0.15) is 29.6 Å². The Balaban J connectivity index is 1.63. The molecule has 6 nitrogen and oxygen atoms in total. The van der Waals surface area contributed by atoms with Crippen molar-refractivity contribution in [1.29, 1.82) is 0 Å². The molecule has 0 unspecified atom stereocenters. The average Bonchev–Trinajstić information content (AvgIpc) is 3.22. The van der Waals surface area contributed by atoms with Crippen LogP contribution in [0.2, 0.25) is 10.0 Å². The molecule has 2 heterocycles. The zero-order valence-corrected chi connectivity index (χ0v) is 17.4. The largest absolute Gasteiger partial charge is 0.484 e. The lowest BCUT2D eigenvalue weighted by Gasteiger charge is -2.12. The van der Waals surface area contributed by atoms with Crippen molar-refractivity contribution in [3.05, 3.63) is 57.6 Å². The summed E-state index contributed by atoms with van der Waals surface area (Å²) in [5.41, 5.74) is 0.363. The van der Waals surface area contributed by atoms with E-state index in [1.165, 1.54) is 4.90 Å². The van der Waals surface area contributed by atoms with Crippen LogP contribution in [0.1, 0.15) is 17.9 Å². The average molecular weight is 441 g/mol. The van der Waals surface area contributed by atoms with Crippen LogP contribution in [0.3, 0.4) is 0 Å². The number of carbonyl (C=O) groups excluding carboxylic acids is 1. The van der Waals surface area contributed by atoms with Gasteiger partial charge in [-0.2, -0.15) is 0 Å². The predicted octanol–water partition coefficient (Wildman–Crippen LogP) is 4.26. The Bertz CT molecular complexity index is 913. The van der Waals surface area contributed by atoms with E-state index in [-0.39, 0.29) is 12.5 Å². The van der Waals surface area contributed by atoms with E-state index in [9.17, 15) is 4.79 Å². The molecule has 148 valence electrons. The van der Waals surface area contributed by atoms with Crippen LogP contribution in [0.15, 0.2) is 40.4 Å². The molecule has 0 bridgehead atoms. The molecule has 1 N–H and O–H groups in total. The molecule has 2 aromatic rings. The first-order valence-electron chi connectivity index (χ1n) is 8.48. The number of nitrogens with zero attached hydrogens (tertiary/aromatic N) is 1. The Kier molecular flexibility index (Phi) is 6.96. The van der Waals surface area contributed by atoms with Crippen molar-refractivity contribution < 1.29 is 18.7 Å². The Labute approximate surface area is 178 Å². The van der Waals surface area contributed by atoms with Crippen molar-refractivity contribution in [2.45, 2.75) is 13.0 Å². The molecule has 28 heavy (non-hydrogen) atoms. The van der Waals surface area contributed by atoms with Crippen molar-refractivity contribution >= 4 is 52.5 Å². The number of hydrogen-bond donors (Lipinski definition) is 1. The van der Waals surface area contributed by atoms with Gasteiger partial charge in [-0.3, -0.25) is 9.69 Å². The minimum absolute atomic E-state index is 0.173. The molecule has 0 radical (unpaired) electrons. The van der Waals surface area contributed by atoms with Gasteiger partial charge < -0.3 is 19.2 Å². The molecular formula is C19H18Cl2N2O4S. The summed E-state index contributed by atoms with van der Waals surface area (Å²) in [6, 6.07) is 8.49. The standard InChI is InChI=1S/C19H18Cl2N2O4S/c1-25-8-2-7-23-18(24)16(22-19(23)28)10-13-4-5-14(27-13)11-26-17-9-12(20)3-6-15(17)21/h3-6,9-10H,2,7-8,11H2,1H3,(H,22,28)/b16-10+. The predicted molar refractivity (Wildman–Crippen MR) is 111 cm³/mol. The van der Waals surface area contributed by atoms with Gasteiger partial charge in [-0.1, -0.05) is 23.2 Å². The Hall–Kier alpha value is -2.06.